The van der Waals surface area contributed by atoms with Crippen molar-refractivity contribution in [2.75, 3.05) is 36.0 Å². The highest BCUT2D eigenvalue weighted by Gasteiger charge is 2.31. The molecule has 7 heteroatoms. The van der Waals surface area contributed by atoms with E-state index in [-0.39, 0.29) is 24.1 Å². The smallest absolute Gasteiger partial charge is 0.294 e. The maximum atomic E-state index is 13.3. The number of para-hydroxylation sites is 2. The molecule has 186 valence electrons. The zero-order valence-corrected chi connectivity index (χ0v) is 22.1. The number of nitrogens with one attached hydrogen (secondary N) is 1. The molecule has 36 heavy (non-hydrogen) atoms. The molecule has 6 nitrogen and oxygen atoms in total. The van der Waals surface area contributed by atoms with E-state index < -0.39 is 0 Å². The van der Waals surface area contributed by atoms with Crippen molar-refractivity contribution in [3.8, 4) is 5.75 Å². The Morgan fingerprint density at radius 3 is 2.67 bits per heavy atom. The van der Waals surface area contributed by atoms with Crippen LogP contribution in [0.15, 0.2) is 83.0 Å². The predicted molar refractivity (Wildman–Crippen MR) is 148 cm³/mol. The number of fused-ring (bicyclic) bond motifs is 1. The molecule has 0 radical (unpaired) electrons. The van der Waals surface area contributed by atoms with Crippen molar-refractivity contribution in [1.82, 2.24) is 5.32 Å². The lowest BCUT2D eigenvalue weighted by molar-refractivity contribution is -0.123. The van der Waals surface area contributed by atoms with E-state index >= 15 is 0 Å². The minimum Gasteiger partial charge on any atom is -0.449 e. The second-order valence-corrected chi connectivity index (χ2v) is 9.56. The van der Waals surface area contributed by atoms with Crippen LogP contribution in [-0.2, 0) is 9.59 Å². The Bertz CT molecular complexity index is 1270. The minimum absolute atomic E-state index is 0.0790. The van der Waals surface area contributed by atoms with Gasteiger partial charge in [0.2, 0.25) is 5.91 Å². The number of rotatable bonds is 9. The van der Waals surface area contributed by atoms with Crippen LogP contribution < -0.4 is 19.9 Å². The average Bonchev–Trinajstić information content (AvgIpc) is 2.86. The molecule has 1 aliphatic rings. The number of hydrogen-bond donors (Lipinski definition) is 1. The van der Waals surface area contributed by atoms with Crippen molar-refractivity contribution in [2.45, 2.75) is 20.3 Å². The van der Waals surface area contributed by atoms with Crippen LogP contribution in [0.1, 0.15) is 24.5 Å². The molecule has 0 aromatic heterocycles. The fourth-order valence-electron chi connectivity index (χ4n) is 4.16. The number of benzene rings is 3. The van der Waals surface area contributed by atoms with Gasteiger partial charge < -0.3 is 15.0 Å². The first-order valence-corrected chi connectivity index (χ1v) is 12.9. The van der Waals surface area contributed by atoms with Gasteiger partial charge in [-0.15, -0.1) is 0 Å². The van der Waals surface area contributed by atoms with E-state index in [1.165, 1.54) is 16.2 Å². The summed E-state index contributed by atoms with van der Waals surface area (Å²) in [7, 11) is 0. The number of anilines is 2. The Hall–Kier alpha value is -3.58. The topological polar surface area (TPSA) is 61.9 Å². The van der Waals surface area contributed by atoms with Crippen LogP contribution in [0.5, 0.6) is 5.75 Å². The summed E-state index contributed by atoms with van der Waals surface area (Å²) < 4.78 is 6.81. The molecule has 0 unspecified atom stereocenters. The van der Waals surface area contributed by atoms with Crippen LogP contribution in [0.4, 0.5) is 11.4 Å². The Labute approximate surface area is 220 Å². The summed E-state index contributed by atoms with van der Waals surface area (Å²) in [6.07, 6.45) is 2.49. The van der Waals surface area contributed by atoms with Gasteiger partial charge in [0, 0.05) is 29.8 Å². The molecule has 4 rings (SSSR count). The van der Waals surface area contributed by atoms with Gasteiger partial charge in [-0.2, -0.15) is 0 Å². The second-order valence-electron chi connectivity index (χ2n) is 8.65. The first kappa shape index (κ1) is 25.5. The van der Waals surface area contributed by atoms with Crippen LogP contribution >= 0.6 is 15.9 Å². The van der Waals surface area contributed by atoms with Gasteiger partial charge in [-0.1, -0.05) is 52.3 Å². The molecule has 0 bridgehead atoms. The van der Waals surface area contributed by atoms with Crippen molar-refractivity contribution >= 4 is 45.2 Å². The van der Waals surface area contributed by atoms with E-state index in [1.54, 1.807) is 18.2 Å². The number of hydrogen-bond acceptors (Lipinski definition) is 4. The van der Waals surface area contributed by atoms with Crippen molar-refractivity contribution in [3.63, 3.8) is 0 Å². The Morgan fingerprint density at radius 1 is 1.08 bits per heavy atom. The summed E-state index contributed by atoms with van der Waals surface area (Å²) in [6.45, 7) is 6.39. The first-order valence-electron chi connectivity index (χ1n) is 12.1. The largest absolute Gasteiger partial charge is 0.449 e. The quantitative estimate of drug-likeness (QED) is 0.281. The molecule has 0 spiro atoms. The number of nitrogens with zero attached hydrogens (tertiary/aromatic N) is 2. The van der Waals surface area contributed by atoms with E-state index in [4.69, 9.17) is 4.74 Å². The number of halogens is 1. The summed E-state index contributed by atoms with van der Waals surface area (Å²) >= 11 is 3.45. The van der Waals surface area contributed by atoms with Crippen LogP contribution in [0, 0.1) is 6.92 Å². The van der Waals surface area contributed by atoms with Crippen LogP contribution in [-0.4, -0.2) is 38.0 Å². The number of ether oxygens (including phenoxy) is 1. The number of carbonyl (C=O) groups is 2. The molecule has 1 aliphatic heterocycles. The maximum absolute atomic E-state index is 13.3. The highest BCUT2D eigenvalue weighted by atomic mass is 79.9. The fraction of sp³-hybridized carbons (Fsp3) is 0.241. The molecule has 1 heterocycles. The van der Waals surface area contributed by atoms with Gasteiger partial charge >= 0.3 is 0 Å². The zero-order chi connectivity index (χ0) is 25.5. The van der Waals surface area contributed by atoms with Gasteiger partial charge in [-0.05, 0) is 73.9 Å². The third-order valence-corrected chi connectivity index (χ3v) is 6.45. The van der Waals surface area contributed by atoms with Gasteiger partial charge in [-0.25, -0.2) is 0 Å². The minimum atomic E-state index is -0.347. The molecule has 1 N–H and O–H groups in total. The second kappa shape index (κ2) is 11.9. The Morgan fingerprint density at radius 2 is 1.89 bits per heavy atom. The van der Waals surface area contributed by atoms with E-state index in [0.717, 1.165) is 29.5 Å². The van der Waals surface area contributed by atoms with Crippen molar-refractivity contribution in [2.24, 2.45) is 0 Å². The molecular formula is C29H30BrN3O3. The van der Waals surface area contributed by atoms with E-state index in [1.807, 2.05) is 36.4 Å². The SMILES string of the molecule is CCN(CCCNC(=O)CN1C(=O)C(=Cc2cccc(Br)c2)Oc2ccccc21)c1cccc(C)c1. The maximum Gasteiger partial charge on any atom is 0.294 e. The summed E-state index contributed by atoms with van der Waals surface area (Å²) in [5, 5.41) is 2.97. The normalized spacial score (nSPS) is 13.8. The molecule has 3 aromatic rings. The lowest BCUT2D eigenvalue weighted by Gasteiger charge is -2.30. The standard InChI is InChI=1S/C29H30BrN3O3/c1-3-32(24-12-6-9-21(2)17-24)16-8-15-31-28(34)20-33-25-13-4-5-14-26(25)36-27(29(33)35)19-22-10-7-11-23(30)18-22/h4-7,9-14,17-19H,3,8,15-16,20H2,1-2H3,(H,31,34). The molecule has 3 aromatic carbocycles. The van der Waals surface area contributed by atoms with Gasteiger partial charge in [0.1, 0.15) is 6.54 Å². The summed E-state index contributed by atoms with van der Waals surface area (Å²) in [5.41, 5.74) is 3.82. The summed E-state index contributed by atoms with van der Waals surface area (Å²) in [5.74, 6) is 0.167. The lowest BCUT2D eigenvalue weighted by Crippen LogP contribution is -2.44. The first-order chi connectivity index (χ1) is 17.4. The fourth-order valence-corrected chi connectivity index (χ4v) is 4.58. The molecule has 0 aliphatic carbocycles. The third kappa shape index (κ3) is 6.34. The van der Waals surface area contributed by atoms with Crippen molar-refractivity contribution in [3.05, 3.63) is 94.2 Å². The molecular weight excluding hydrogens is 518 g/mol. The number of amides is 2. The van der Waals surface area contributed by atoms with Crippen LogP contribution in [0.2, 0.25) is 0 Å². The van der Waals surface area contributed by atoms with Crippen LogP contribution in [0.3, 0.4) is 0 Å². The highest BCUT2D eigenvalue weighted by Crippen LogP contribution is 2.35. The van der Waals surface area contributed by atoms with Crippen LogP contribution in [0.25, 0.3) is 6.08 Å². The van der Waals surface area contributed by atoms with E-state index in [0.29, 0.717) is 18.0 Å². The van der Waals surface area contributed by atoms with E-state index in [9.17, 15) is 9.59 Å². The van der Waals surface area contributed by atoms with Gasteiger partial charge in [0.15, 0.2) is 11.5 Å². The average molecular weight is 548 g/mol. The number of carbonyl (C=O) groups excluding carboxylic acids is 2. The molecule has 2 amide bonds. The Kier molecular flexibility index (Phi) is 8.44. The summed E-state index contributed by atoms with van der Waals surface area (Å²) in [4.78, 5) is 29.9. The predicted octanol–water partition coefficient (Wildman–Crippen LogP) is 5.56. The third-order valence-electron chi connectivity index (χ3n) is 5.96. The van der Waals surface area contributed by atoms with Crippen molar-refractivity contribution < 1.29 is 14.3 Å². The van der Waals surface area contributed by atoms with E-state index in [2.05, 4.69) is 64.3 Å². The molecule has 0 saturated heterocycles. The Balaban J connectivity index is 1.39. The lowest BCUT2D eigenvalue weighted by atomic mass is 10.1. The number of aryl methyl sites for hydroxylation is 1. The van der Waals surface area contributed by atoms with Gasteiger partial charge in [0.25, 0.3) is 5.91 Å². The molecule has 0 fully saturated rings. The van der Waals surface area contributed by atoms with Gasteiger partial charge in [0.05, 0.1) is 5.69 Å². The monoisotopic (exact) mass is 547 g/mol. The van der Waals surface area contributed by atoms with Crippen molar-refractivity contribution in [1.29, 1.82) is 0 Å². The molecule has 0 saturated carbocycles. The molecule has 0 atom stereocenters. The van der Waals surface area contributed by atoms with Gasteiger partial charge in [-0.3, -0.25) is 14.5 Å². The zero-order valence-electron chi connectivity index (χ0n) is 20.5. The summed E-state index contributed by atoms with van der Waals surface area (Å²) in [6, 6.07) is 23.3. The highest BCUT2D eigenvalue weighted by molar-refractivity contribution is 9.10.